The zero-order valence-corrected chi connectivity index (χ0v) is 13.2. The van der Waals surface area contributed by atoms with Crippen LogP contribution in [0.3, 0.4) is 0 Å². The minimum atomic E-state index is -0.0970. The van der Waals surface area contributed by atoms with Crippen LogP contribution in [0.15, 0.2) is 60.8 Å². The maximum absolute atomic E-state index is 12.6. The summed E-state index contributed by atoms with van der Waals surface area (Å²) in [5.41, 5.74) is 3.94. The summed E-state index contributed by atoms with van der Waals surface area (Å²) < 4.78 is 5.85. The predicted octanol–water partition coefficient (Wildman–Crippen LogP) is 3.28. The van der Waals surface area contributed by atoms with Gasteiger partial charge in [0.15, 0.2) is 0 Å². The van der Waals surface area contributed by atoms with Gasteiger partial charge in [-0.15, -0.1) is 0 Å². The molecule has 2 heterocycles. The molecule has 4 rings (SSSR count). The Morgan fingerprint density at radius 1 is 1.12 bits per heavy atom. The Labute approximate surface area is 140 Å². The molecule has 1 aliphatic rings. The molecule has 2 aromatic carbocycles. The third-order valence-corrected chi connectivity index (χ3v) is 4.43. The minimum Gasteiger partial charge on any atom is -0.371 e. The van der Waals surface area contributed by atoms with E-state index in [0.717, 1.165) is 17.3 Å². The molecule has 120 valence electrons. The van der Waals surface area contributed by atoms with Crippen LogP contribution in [0.4, 0.5) is 0 Å². The Balaban J connectivity index is 1.53. The lowest BCUT2D eigenvalue weighted by Gasteiger charge is -2.26. The molecule has 0 bridgehead atoms. The molecule has 1 amide bonds. The Morgan fingerprint density at radius 2 is 2.04 bits per heavy atom. The molecule has 0 saturated carbocycles. The highest BCUT2D eigenvalue weighted by Gasteiger charge is 2.21. The molecule has 0 saturated heterocycles. The highest BCUT2D eigenvalue weighted by Crippen LogP contribution is 2.26. The molecule has 1 aromatic heterocycles. The summed E-state index contributed by atoms with van der Waals surface area (Å²) >= 11 is 0. The largest absolute Gasteiger partial charge is 0.371 e. The number of benzene rings is 2. The van der Waals surface area contributed by atoms with Gasteiger partial charge in [0.05, 0.1) is 12.1 Å². The molecule has 1 atom stereocenters. The number of ether oxygens (including phenoxy) is 1. The number of rotatable bonds is 3. The van der Waals surface area contributed by atoms with E-state index in [9.17, 15) is 4.79 Å². The average molecular weight is 318 g/mol. The fourth-order valence-electron chi connectivity index (χ4n) is 3.23. The SMILES string of the molecule is O=C(NCC1OCCc2ccccc21)c1cccc2ncccc12. The van der Waals surface area contributed by atoms with Crippen molar-refractivity contribution in [3.63, 3.8) is 0 Å². The lowest BCUT2D eigenvalue weighted by Crippen LogP contribution is -2.32. The minimum absolute atomic E-state index is 0.0907. The van der Waals surface area contributed by atoms with Gasteiger partial charge in [0.25, 0.3) is 5.91 Å². The number of aromatic nitrogens is 1. The normalized spacial score (nSPS) is 16.6. The van der Waals surface area contributed by atoms with Crippen LogP contribution < -0.4 is 5.32 Å². The van der Waals surface area contributed by atoms with Crippen molar-refractivity contribution in [2.45, 2.75) is 12.5 Å². The summed E-state index contributed by atoms with van der Waals surface area (Å²) in [6.07, 6.45) is 2.57. The van der Waals surface area contributed by atoms with Crippen molar-refractivity contribution in [3.05, 3.63) is 77.5 Å². The lowest BCUT2D eigenvalue weighted by atomic mass is 9.97. The van der Waals surface area contributed by atoms with E-state index in [2.05, 4.69) is 22.4 Å². The van der Waals surface area contributed by atoms with Gasteiger partial charge >= 0.3 is 0 Å². The molecule has 0 aliphatic carbocycles. The van der Waals surface area contributed by atoms with E-state index in [1.807, 2.05) is 42.5 Å². The van der Waals surface area contributed by atoms with Crippen molar-refractivity contribution < 1.29 is 9.53 Å². The van der Waals surface area contributed by atoms with Crippen LogP contribution in [0, 0.1) is 0 Å². The van der Waals surface area contributed by atoms with Crippen LogP contribution in [0.1, 0.15) is 27.6 Å². The molecule has 24 heavy (non-hydrogen) atoms. The monoisotopic (exact) mass is 318 g/mol. The fraction of sp³-hybridized carbons (Fsp3) is 0.200. The van der Waals surface area contributed by atoms with Crippen LogP contribution >= 0.6 is 0 Å². The summed E-state index contributed by atoms with van der Waals surface area (Å²) in [6, 6.07) is 17.6. The maximum atomic E-state index is 12.6. The third kappa shape index (κ3) is 2.76. The Bertz CT molecular complexity index is 886. The number of carbonyl (C=O) groups excluding carboxylic acids is 1. The first-order chi connectivity index (χ1) is 11.8. The van der Waals surface area contributed by atoms with Crippen LogP contribution in [-0.4, -0.2) is 24.0 Å². The highest BCUT2D eigenvalue weighted by atomic mass is 16.5. The van der Waals surface area contributed by atoms with Crippen molar-refractivity contribution in [1.29, 1.82) is 0 Å². The predicted molar refractivity (Wildman–Crippen MR) is 92.9 cm³/mol. The van der Waals surface area contributed by atoms with E-state index < -0.39 is 0 Å². The van der Waals surface area contributed by atoms with Gasteiger partial charge < -0.3 is 10.1 Å². The number of carbonyl (C=O) groups is 1. The van der Waals surface area contributed by atoms with E-state index in [1.165, 1.54) is 11.1 Å². The van der Waals surface area contributed by atoms with E-state index in [0.29, 0.717) is 18.7 Å². The molecule has 3 aromatic rings. The smallest absolute Gasteiger partial charge is 0.252 e. The van der Waals surface area contributed by atoms with E-state index in [4.69, 9.17) is 4.74 Å². The van der Waals surface area contributed by atoms with Gasteiger partial charge in [0, 0.05) is 23.7 Å². The van der Waals surface area contributed by atoms with Gasteiger partial charge in [-0.1, -0.05) is 36.4 Å². The fourth-order valence-corrected chi connectivity index (χ4v) is 3.23. The third-order valence-electron chi connectivity index (χ3n) is 4.43. The second kappa shape index (κ2) is 6.42. The summed E-state index contributed by atoms with van der Waals surface area (Å²) in [4.78, 5) is 16.9. The summed E-state index contributed by atoms with van der Waals surface area (Å²) in [5.74, 6) is -0.0970. The van der Waals surface area contributed by atoms with Crippen LogP contribution in [0.5, 0.6) is 0 Å². The number of nitrogens with one attached hydrogen (secondary N) is 1. The number of hydrogen-bond acceptors (Lipinski definition) is 3. The van der Waals surface area contributed by atoms with Crippen molar-refractivity contribution in [1.82, 2.24) is 10.3 Å². The first-order valence-corrected chi connectivity index (χ1v) is 8.14. The molecule has 1 unspecified atom stereocenters. The van der Waals surface area contributed by atoms with Gasteiger partial charge in [-0.2, -0.15) is 0 Å². The summed E-state index contributed by atoms with van der Waals surface area (Å²) in [7, 11) is 0. The number of pyridine rings is 1. The summed E-state index contributed by atoms with van der Waals surface area (Å²) in [6.45, 7) is 1.15. The molecule has 4 heteroatoms. The molecule has 1 N–H and O–H groups in total. The first-order valence-electron chi connectivity index (χ1n) is 8.14. The average Bonchev–Trinajstić information content (AvgIpc) is 2.65. The molecule has 1 aliphatic heterocycles. The first kappa shape index (κ1) is 14.8. The topological polar surface area (TPSA) is 51.2 Å². The van der Waals surface area contributed by atoms with Gasteiger partial charge in [-0.05, 0) is 35.7 Å². The van der Waals surface area contributed by atoms with Crippen LogP contribution in [-0.2, 0) is 11.2 Å². The van der Waals surface area contributed by atoms with E-state index in [-0.39, 0.29) is 12.0 Å². The molecule has 0 radical (unpaired) electrons. The number of fused-ring (bicyclic) bond motifs is 2. The Morgan fingerprint density at radius 3 is 3.00 bits per heavy atom. The number of amides is 1. The highest BCUT2D eigenvalue weighted by molar-refractivity contribution is 6.06. The quantitative estimate of drug-likeness (QED) is 0.806. The van der Waals surface area contributed by atoms with Crippen LogP contribution in [0.2, 0.25) is 0 Å². The van der Waals surface area contributed by atoms with Crippen molar-refractivity contribution in [2.75, 3.05) is 13.2 Å². The van der Waals surface area contributed by atoms with Gasteiger partial charge in [-0.3, -0.25) is 9.78 Å². The summed E-state index contributed by atoms with van der Waals surface area (Å²) in [5, 5.41) is 3.87. The Kier molecular flexibility index (Phi) is 3.97. The molecular weight excluding hydrogens is 300 g/mol. The van der Waals surface area contributed by atoms with Gasteiger partial charge in [0.2, 0.25) is 0 Å². The van der Waals surface area contributed by atoms with Gasteiger partial charge in [-0.25, -0.2) is 0 Å². The maximum Gasteiger partial charge on any atom is 0.252 e. The van der Waals surface area contributed by atoms with E-state index >= 15 is 0 Å². The Hall–Kier alpha value is -2.72. The van der Waals surface area contributed by atoms with Crippen LogP contribution in [0.25, 0.3) is 10.9 Å². The van der Waals surface area contributed by atoms with Gasteiger partial charge in [0.1, 0.15) is 6.10 Å². The second-order valence-electron chi connectivity index (χ2n) is 5.89. The number of hydrogen-bond donors (Lipinski definition) is 1. The lowest BCUT2D eigenvalue weighted by molar-refractivity contribution is 0.0412. The van der Waals surface area contributed by atoms with Crippen molar-refractivity contribution in [2.24, 2.45) is 0 Å². The molecule has 0 fully saturated rings. The molecule has 4 nitrogen and oxygen atoms in total. The standard InChI is InChI=1S/C20H18N2O2/c23-20(17-7-3-9-18-16(17)8-4-11-21-18)22-13-19-15-6-2-1-5-14(15)10-12-24-19/h1-9,11,19H,10,12-13H2,(H,22,23). The van der Waals surface area contributed by atoms with Crippen molar-refractivity contribution >= 4 is 16.8 Å². The zero-order valence-electron chi connectivity index (χ0n) is 13.2. The van der Waals surface area contributed by atoms with E-state index in [1.54, 1.807) is 6.20 Å². The molecular formula is C20H18N2O2. The second-order valence-corrected chi connectivity index (χ2v) is 5.89. The van der Waals surface area contributed by atoms with Crippen molar-refractivity contribution in [3.8, 4) is 0 Å². The molecule has 0 spiro atoms. The number of nitrogens with zero attached hydrogens (tertiary/aromatic N) is 1. The zero-order chi connectivity index (χ0) is 16.4.